The van der Waals surface area contributed by atoms with Crippen LogP contribution in [0.5, 0.6) is 23.0 Å². The maximum atomic E-state index is 13.6. The molecule has 6 aromatic rings. The number of carbonyl (C=O) groups excluding carboxylic acids is 1. The van der Waals surface area contributed by atoms with Gasteiger partial charge in [0.25, 0.3) is 0 Å². The van der Waals surface area contributed by atoms with E-state index in [9.17, 15) is 53.9 Å². The van der Waals surface area contributed by atoms with Crippen molar-refractivity contribution in [2.75, 3.05) is 26.4 Å². The van der Waals surface area contributed by atoms with E-state index in [-0.39, 0.29) is 55.7 Å². The predicted octanol–water partition coefficient (Wildman–Crippen LogP) is 13.6. The fraction of sp³-hybridized carbons (Fsp3) is 0.377. The minimum atomic E-state index is -5.06. The van der Waals surface area contributed by atoms with Crippen LogP contribution in [-0.2, 0) is 27.1 Å². The number of unbranched alkanes of at least 4 members (excludes halogenated alkanes) is 4. The lowest BCUT2D eigenvalue weighted by atomic mass is 10.00. The number of hydrogen-bond acceptors (Lipinski definition) is 11. The van der Waals surface area contributed by atoms with Crippen molar-refractivity contribution in [3.05, 3.63) is 130 Å². The highest BCUT2D eigenvalue weighted by Crippen LogP contribution is 2.38. The van der Waals surface area contributed by atoms with Gasteiger partial charge in [0.15, 0.2) is 0 Å². The predicted molar refractivity (Wildman–Crippen MR) is 252 cm³/mol. The van der Waals surface area contributed by atoms with Crippen LogP contribution in [0, 0.1) is 5.92 Å². The third kappa shape index (κ3) is 16.8. The molecule has 2 heterocycles. The summed E-state index contributed by atoms with van der Waals surface area (Å²) in [6, 6.07) is 19.5. The first-order valence-electron chi connectivity index (χ1n) is 23.3. The van der Waals surface area contributed by atoms with E-state index in [1.807, 2.05) is 13.8 Å². The van der Waals surface area contributed by atoms with Gasteiger partial charge in [-0.3, -0.25) is 0 Å². The lowest BCUT2D eigenvalue weighted by molar-refractivity contribution is -0.275. The molecule has 0 bridgehead atoms. The summed E-state index contributed by atoms with van der Waals surface area (Å²) in [7, 11) is 0. The molecule has 0 radical (unpaired) electrons. The van der Waals surface area contributed by atoms with Gasteiger partial charge in [-0.05, 0) is 85.3 Å². The zero-order valence-corrected chi connectivity index (χ0v) is 39.6. The lowest BCUT2D eigenvalue weighted by Crippen LogP contribution is -2.33. The van der Waals surface area contributed by atoms with Crippen molar-refractivity contribution >= 4 is 27.9 Å². The van der Waals surface area contributed by atoms with E-state index in [1.54, 1.807) is 12.1 Å². The summed E-state index contributed by atoms with van der Waals surface area (Å²) in [4.78, 5) is 38.4. The van der Waals surface area contributed by atoms with Crippen LogP contribution < -0.4 is 30.2 Å². The molecule has 0 N–H and O–H groups in total. The highest BCUT2D eigenvalue weighted by Gasteiger charge is 2.35. The second kappa shape index (κ2) is 24.6. The molecule has 2 aromatic heterocycles. The Labute approximate surface area is 412 Å². The Kier molecular flexibility index (Phi) is 18.7. The van der Waals surface area contributed by atoms with Gasteiger partial charge >= 0.3 is 36.1 Å². The van der Waals surface area contributed by atoms with E-state index < -0.39 is 92.5 Å². The van der Waals surface area contributed by atoms with Crippen molar-refractivity contribution in [3.8, 4) is 45.3 Å². The van der Waals surface area contributed by atoms with E-state index in [0.29, 0.717) is 24.0 Å². The van der Waals surface area contributed by atoms with Crippen LogP contribution in [0.3, 0.4) is 0 Å². The van der Waals surface area contributed by atoms with Crippen molar-refractivity contribution in [2.24, 2.45) is 5.92 Å². The molecule has 73 heavy (non-hydrogen) atoms. The minimum absolute atomic E-state index is 0.0342. The summed E-state index contributed by atoms with van der Waals surface area (Å²) in [6.07, 6.45) is -10.6. The first-order chi connectivity index (χ1) is 34.6. The third-order valence-electron chi connectivity index (χ3n) is 11.3. The van der Waals surface area contributed by atoms with E-state index >= 15 is 0 Å². The van der Waals surface area contributed by atoms with Gasteiger partial charge in [0.2, 0.25) is 0 Å². The molecule has 0 spiro atoms. The molecule has 20 heteroatoms. The van der Waals surface area contributed by atoms with Gasteiger partial charge in [-0.1, -0.05) is 70.4 Å². The van der Waals surface area contributed by atoms with Crippen LogP contribution >= 0.6 is 0 Å². The maximum Gasteiger partial charge on any atom is 0.573 e. The van der Waals surface area contributed by atoms with Crippen molar-refractivity contribution in [3.63, 3.8) is 0 Å². The Bertz CT molecular complexity index is 2780. The van der Waals surface area contributed by atoms with Crippen molar-refractivity contribution in [1.29, 1.82) is 0 Å². The molecule has 1 unspecified atom stereocenters. The standard InChI is InChI=1S/C53H51F9O11/c1-4-7-9-11-32-13-19-40(46(21-32)72-52(57,58)59)42-23-35-15-17-37(25-44(35)70-49(42)64)67-30-39(66-28-34(27-51(54,55)56)29-69-48(63)6-3)31-68-38-18-16-36-24-43(50(65)71-45(36)26-38)41-20-14-33(12-10-8-5-2)22-47(41)73-53(60,61)62/h6,13-26,34,39H,3-5,7-12,27-31H2,1-2H3. The number of halogens is 9. The molecule has 11 nitrogen and oxygen atoms in total. The molecule has 0 aliphatic heterocycles. The zero-order chi connectivity index (χ0) is 52.9. The Morgan fingerprint density at radius 3 is 1.47 bits per heavy atom. The van der Waals surface area contributed by atoms with Gasteiger partial charge < -0.3 is 37.3 Å². The second-order valence-corrected chi connectivity index (χ2v) is 17.1. The average molecular weight is 1030 g/mol. The average Bonchev–Trinajstić information content (AvgIpc) is 3.31. The first-order valence-corrected chi connectivity index (χ1v) is 23.3. The van der Waals surface area contributed by atoms with Gasteiger partial charge in [0.05, 0.1) is 30.8 Å². The normalized spacial score (nSPS) is 12.5. The maximum absolute atomic E-state index is 13.6. The molecule has 0 aliphatic rings. The highest BCUT2D eigenvalue weighted by molar-refractivity contribution is 5.85. The number of fused-ring (bicyclic) bond motifs is 2. The number of ether oxygens (including phenoxy) is 6. The molecule has 4 aromatic carbocycles. The zero-order valence-electron chi connectivity index (χ0n) is 39.6. The van der Waals surface area contributed by atoms with Gasteiger partial charge in [0, 0.05) is 46.0 Å². The van der Waals surface area contributed by atoms with Crippen LogP contribution in [0.2, 0.25) is 0 Å². The molecular weight excluding hydrogens is 984 g/mol. The van der Waals surface area contributed by atoms with Crippen LogP contribution in [-0.4, -0.2) is 57.4 Å². The minimum Gasteiger partial charge on any atom is -0.491 e. The Morgan fingerprint density at radius 1 is 0.589 bits per heavy atom. The quantitative estimate of drug-likeness (QED) is 0.0178. The second-order valence-electron chi connectivity index (χ2n) is 17.1. The summed E-state index contributed by atoms with van der Waals surface area (Å²) in [6.45, 7) is 5.09. The molecule has 0 saturated carbocycles. The number of benzene rings is 4. The number of rotatable bonds is 25. The Hall–Kier alpha value is -6.96. The molecule has 392 valence electrons. The van der Waals surface area contributed by atoms with Crippen LogP contribution in [0.4, 0.5) is 39.5 Å². The number of esters is 1. The number of carbonyl (C=O) groups is 1. The highest BCUT2D eigenvalue weighted by atomic mass is 19.4. The summed E-state index contributed by atoms with van der Waals surface area (Å²) in [5.74, 6) is -3.37. The van der Waals surface area contributed by atoms with Gasteiger partial charge in [-0.15, -0.1) is 26.3 Å². The monoisotopic (exact) mass is 1030 g/mol. The third-order valence-corrected chi connectivity index (χ3v) is 11.3. The number of alkyl halides is 9. The summed E-state index contributed by atoms with van der Waals surface area (Å²) < 4.78 is 164. The van der Waals surface area contributed by atoms with E-state index in [0.717, 1.165) is 44.6 Å². The smallest absolute Gasteiger partial charge is 0.491 e. The van der Waals surface area contributed by atoms with E-state index in [1.165, 1.54) is 72.8 Å². The number of aryl methyl sites for hydroxylation is 2. The fourth-order valence-corrected chi connectivity index (χ4v) is 7.75. The molecule has 0 fully saturated rings. The molecule has 0 amide bonds. The lowest BCUT2D eigenvalue weighted by Gasteiger charge is -2.23. The Balaban J connectivity index is 1.24. The molecule has 0 aliphatic carbocycles. The van der Waals surface area contributed by atoms with Crippen molar-refractivity contribution in [2.45, 2.75) is 96.6 Å². The van der Waals surface area contributed by atoms with E-state index in [2.05, 4.69) is 16.1 Å². The molecular formula is C53H51F9O11. The first kappa shape index (κ1) is 55.4. The fourth-order valence-electron chi connectivity index (χ4n) is 7.75. The number of hydrogen-bond donors (Lipinski definition) is 0. The van der Waals surface area contributed by atoms with Crippen molar-refractivity contribution in [1.82, 2.24) is 0 Å². The summed E-state index contributed by atoms with van der Waals surface area (Å²) in [5, 5.41) is 0.570. The van der Waals surface area contributed by atoms with Gasteiger partial charge in [-0.25, -0.2) is 14.4 Å². The summed E-state index contributed by atoms with van der Waals surface area (Å²) in [5.41, 5.74) is -1.61. The van der Waals surface area contributed by atoms with Crippen LogP contribution in [0.25, 0.3) is 44.2 Å². The molecule has 0 saturated heterocycles. The van der Waals surface area contributed by atoms with Gasteiger partial charge in [0.1, 0.15) is 53.5 Å². The van der Waals surface area contributed by atoms with Crippen LogP contribution in [0.15, 0.2) is 116 Å². The Morgan fingerprint density at radius 2 is 1.05 bits per heavy atom. The molecule has 1 atom stereocenters. The van der Waals surface area contributed by atoms with Gasteiger partial charge in [-0.2, -0.15) is 13.2 Å². The van der Waals surface area contributed by atoms with Crippen molar-refractivity contribution < 1.29 is 81.6 Å². The van der Waals surface area contributed by atoms with Crippen LogP contribution in [0.1, 0.15) is 69.9 Å². The SMILES string of the molecule is C=CC(=O)OCC(COC(COc1ccc2cc(-c3ccc(CCCCC)cc3OC(F)(F)F)c(=O)oc2c1)COc1ccc2cc(-c3ccc(CCCCC)cc3OC(F)(F)F)c(=O)oc2c1)CC(F)(F)F. The summed E-state index contributed by atoms with van der Waals surface area (Å²) >= 11 is 0. The topological polar surface area (TPSA) is 133 Å². The van der Waals surface area contributed by atoms with E-state index in [4.69, 9.17) is 27.8 Å². The molecule has 6 rings (SSSR count). The largest absolute Gasteiger partial charge is 0.573 e.